The molecule has 0 radical (unpaired) electrons. The van der Waals surface area contributed by atoms with E-state index < -0.39 is 5.54 Å². The Labute approximate surface area is 121 Å². The zero-order valence-corrected chi connectivity index (χ0v) is 12.5. The maximum atomic E-state index is 12.4. The second-order valence-corrected chi connectivity index (χ2v) is 5.68. The van der Waals surface area contributed by atoms with Crippen LogP contribution >= 0.6 is 15.9 Å². The lowest BCUT2D eigenvalue weighted by Gasteiger charge is -2.32. The van der Waals surface area contributed by atoms with Gasteiger partial charge in [0, 0.05) is 24.1 Å². The first-order valence-corrected chi connectivity index (χ1v) is 7.07. The highest BCUT2D eigenvalue weighted by Gasteiger charge is 2.35. The minimum absolute atomic E-state index is 0.0600. The van der Waals surface area contributed by atoms with Crippen molar-refractivity contribution in [2.75, 3.05) is 20.3 Å². The van der Waals surface area contributed by atoms with Crippen LogP contribution in [0.1, 0.15) is 18.4 Å². The number of hydrogen-bond acceptors (Lipinski definition) is 4. The Bertz CT molecular complexity index is 470. The zero-order valence-electron chi connectivity index (χ0n) is 10.9. The summed E-state index contributed by atoms with van der Waals surface area (Å²) in [6.07, 6.45) is 1.50. The lowest BCUT2D eigenvalue weighted by Crippen LogP contribution is -2.52. The summed E-state index contributed by atoms with van der Waals surface area (Å²) in [5.74, 6) is 0.800. The van der Waals surface area contributed by atoms with E-state index in [0.717, 1.165) is 15.8 Å². The van der Waals surface area contributed by atoms with Crippen LogP contribution in [0.4, 0.5) is 0 Å². The van der Waals surface area contributed by atoms with Crippen molar-refractivity contribution >= 4 is 21.7 Å². The highest BCUT2D eigenvalue weighted by atomic mass is 79.9. The van der Waals surface area contributed by atoms with Crippen LogP contribution in [0.2, 0.25) is 0 Å². The van der Waals surface area contributed by atoms with Gasteiger partial charge in [-0.3, -0.25) is 4.79 Å². The van der Waals surface area contributed by atoms with Gasteiger partial charge in [0.15, 0.2) is 5.78 Å². The van der Waals surface area contributed by atoms with Crippen molar-refractivity contribution in [2.45, 2.75) is 24.8 Å². The van der Waals surface area contributed by atoms with Gasteiger partial charge in [-0.1, -0.05) is 15.9 Å². The van der Waals surface area contributed by atoms with Gasteiger partial charge in [0.1, 0.15) is 5.75 Å². The van der Waals surface area contributed by atoms with Crippen LogP contribution in [0.5, 0.6) is 5.75 Å². The summed E-state index contributed by atoms with van der Waals surface area (Å²) in [7, 11) is 1.61. The first kappa shape index (κ1) is 14.5. The van der Waals surface area contributed by atoms with Gasteiger partial charge >= 0.3 is 0 Å². The fourth-order valence-electron chi connectivity index (χ4n) is 2.18. The van der Waals surface area contributed by atoms with E-state index in [1.165, 1.54) is 0 Å². The predicted molar refractivity (Wildman–Crippen MR) is 76.4 cm³/mol. The molecule has 1 fully saturated rings. The molecule has 1 aromatic carbocycles. The van der Waals surface area contributed by atoms with E-state index in [-0.39, 0.29) is 5.78 Å². The molecule has 0 aliphatic carbocycles. The number of methoxy groups -OCH3 is 1. The minimum Gasteiger partial charge on any atom is -0.497 e. The van der Waals surface area contributed by atoms with E-state index in [1.54, 1.807) is 7.11 Å². The van der Waals surface area contributed by atoms with Gasteiger partial charge in [-0.2, -0.15) is 0 Å². The molecule has 1 heterocycles. The molecule has 2 rings (SSSR count). The first-order chi connectivity index (χ1) is 9.05. The minimum atomic E-state index is -0.749. The molecule has 0 atom stereocenters. The lowest BCUT2D eigenvalue weighted by molar-refractivity contribution is -0.126. The molecule has 0 unspecified atom stereocenters. The fraction of sp³-hybridized carbons (Fsp3) is 0.500. The Morgan fingerprint density at radius 1 is 1.47 bits per heavy atom. The smallest absolute Gasteiger partial charge is 0.157 e. The molecule has 5 heteroatoms. The topological polar surface area (TPSA) is 61.5 Å². The number of nitrogens with two attached hydrogens (primary N) is 1. The van der Waals surface area contributed by atoms with Gasteiger partial charge < -0.3 is 15.2 Å². The average Bonchev–Trinajstić information content (AvgIpc) is 2.42. The summed E-state index contributed by atoms with van der Waals surface area (Å²) in [6, 6.07) is 5.60. The Morgan fingerprint density at radius 2 is 2.16 bits per heavy atom. The van der Waals surface area contributed by atoms with Crippen molar-refractivity contribution < 1.29 is 14.3 Å². The highest BCUT2D eigenvalue weighted by Crippen LogP contribution is 2.26. The van der Waals surface area contributed by atoms with Gasteiger partial charge in [0.05, 0.1) is 12.6 Å². The second-order valence-electron chi connectivity index (χ2n) is 4.83. The predicted octanol–water partition coefficient (Wildman–Crippen LogP) is 2.08. The molecule has 1 aliphatic rings. The van der Waals surface area contributed by atoms with Crippen molar-refractivity contribution in [1.29, 1.82) is 0 Å². The molecule has 4 nitrogen and oxygen atoms in total. The third-order valence-corrected chi connectivity index (χ3v) is 4.32. The summed E-state index contributed by atoms with van der Waals surface area (Å²) < 4.78 is 11.3. The third kappa shape index (κ3) is 3.35. The van der Waals surface area contributed by atoms with Crippen LogP contribution in [0.25, 0.3) is 0 Å². The quantitative estimate of drug-likeness (QED) is 0.919. The number of carbonyl (C=O) groups is 1. The van der Waals surface area contributed by atoms with E-state index >= 15 is 0 Å². The van der Waals surface area contributed by atoms with Crippen molar-refractivity contribution in [3.63, 3.8) is 0 Å². The molecule has 1 aliphatic heterocycles. The molecule has 0 bridgehead atoms. The van der Waals surface area contributed by atoms with E-state index in [4.69, 9.17) is 15.2 Å². The summed E-state index contributed by atoms with van der Waals surface area (Å²) in [6.45, 7) is 1.11. The van der Waals surface area contributed by atoms with Crippen LogP contribution in [0.3, 0.4) is 0 Å². The normalized spacial score (nSPS) is 18.1. The summed E-state index contributed by atoms with van der Waals surface area (Å²) in [4.78, 5) is 12.4. The van der Waals surface area contributed by atoms with Crippen LogP contribution in [0.15, 0.2) is 22.7 Å². The first-order valence-electron chi connectivity index (χ1n) is 6.27. The maximum Gasteiger partial charge on any atom is 0.157 e. The Balaban J connectivity index is 2.14. The van der Waals surface area contributed by atoms with E-state index in [1.807, 2.05) is 18.2 Å². The van der Waals surface area contributed by atoms with E-state index in [9.17, 15) is 4.79 Å². The SMILES string of the molecule is COc1ccc(Br)c(CC(=O)C2(N)CCOCC2)c1. The number of ketones is 1. The lowest BCUT2D eigenvalue weighted by atomic mass is 9.84. The number of benzene rings is 1. The number of hydrogen-bond donors (Lipinski definition) is 1. The van der Waals surface area contributed by atoms with Crippen LogP contribution < -0.4 is 10.5 Å². The van der Waals surface area contributed by atoms with Crippen molar-refractivity contribution in [3.05, 3.63) is 28.2 Å². The molecule has 0 aromatic heterocycles. The highest BCUT2D eigenvalue weighted by molar-refractivity contribution is 9.10. The molecule has 0 saturated carbocycles. The van der Waals surface area contributed by atoms with Gasteiger partial charge in [-0.15, -0.1) is 0 Å². The average molecular weight is 328 g/mol. The number of rotatable bonds is 4. The van der Waals surface area contributed by atoms with Crippen LogP contribution in [-0.4, -0.2) is 31.6 Å². The number of Topliss-reactive ketones (excluding diaryl/α,β-unsaturated/α-hetero) is 1. The van der Waals surface area contributed by atoms with Gasteiger partial charge in [0.2, 0.25) is 0 Å². The fourth-order valence-corrected chi connectivity index (χ4v) is 2.56. The van der Waals surface area contributed by atoms with Gasteiger partial charge in [-0.25, -0.2) is 0 Å². The van der Waals surface area contributed by atoms with E-state index in [2.05, 4.69) is 15.9 Å². The summed E-state index contributed by atoms with van der Waals surface area (Å²) in [5.41, 5.74) is 6.35. The second kappa shape index (κ2) is 6.03. The van der Waals surface area contributed by atoms with Gasteiger partial charge in [-0.05, 0) is 36.6 Å². The molecule has 19 heavy (non-hydrogen) atoms. The Kier molecular flexibility index (Phi) is 4.60. The third-order valence-electron chi connectivity index (χ3n) is 3.54. The molecule has 0 amide bonds. The molecular weight excluding hydrogens is 310 g/mol. The maximum absolute atomic E-state index is 12.4. The van der Waals surface area contributed by atoms with Crippen molar-refractivity contribution in [1.82, 2.24) is 0 Å². The summed E-state index contributed by atoms with van der Waals surface area (Å²) in [5, 5.41) is 0. The number of carbonyl (C=O) groups excluding carboxylic acids is 1. The molecule has 1 saturated heterocycles. The van der Waals surface area contributed by atoms with E-state index in [0.29, 0.717) is 32.5 Å². The molecular formula is C14H18BrNO3. The monoisotopic (exact) mass is 327 g/mol. The number of halogens is 1. The Hall–Kier alpha value is -0.910. The molecule has 2 N–H and O–H groups in total. The molecule has 1 aromatic rings. The summed E-state index contributed by atoms with van der Waals surface area (Å²) >= 11 is 3.46. The van der Waals surface area contributed by atoms with Gasteiger partial charge in [0.25, 0.3) is 0 Å². The molecule has 0 spiro atoms. The van der Waals surface area contributed by atoms with Crippen molar-refractivity contribution in [3.8, 4) is 5.75 Å². The number of ether oxygens (including phenoxy) is 2. The standard InChI is InChI=1S/C14H18BrNO3/c1-18-11-2-3-12(15)10(8-11)9-13(17)14(16)4-6-19-7-5-14/h2-3,8H,4-7,9,16H2,1H3. The van der Waals surface area contributed by atoms with Crippen LogP contribution in [0, 0.1) is 0 Å². The largest absolute Gasteiger partial charge is 0.497 e. The Morgan fingerprint density at radius 3 is 2.79 bits per heavy atom. The zero-order chi connectivity index (χ0) is 13.9. The molecule has 104 valence electrons. The van der Waals surface area contributed by atoms with Crippen molar-refractivity contribution in [2.24, 2.45) is 5.73 Å². The van der Waals surface area contributed by atoms with Crippen LogP contribution in [-0.2, 0) is 16.0 Å².